The predicted molar refractivity (Wildman–Crippen MR) is 56.6 cm³/mol. The van der Waals surface area contributed by atoms with Crippen molar-refractivity contribution in [3.63, 3.8) is 0 Å². The summed E-state index contributed by atoms with van der Waals surface area (Å²) in [7, 11) is 1.64. The van der Waals surface area contributed by atoms with E-state index in [1.165, 1.54) is 0 Å². The maximum atomic E-state index is 8.91. The molecule has 4 nitrogen and oxygen atoms in total. The predicted octanol–water partition coefficient (Wildman–Crippen LogP) is 0.514. The molecule has 1 aliphatic rings. The van der Waals surface area contributed by atoms with E-state index < -0.39 is 0 Å². The molecule has 0 atom stereocenters. The van der Waals surface area contributed by atoms with Crippen molar-refractivity contribution in [3.8, 4) is 5.88 Å². The lowest BCUT2D eigenvalue weighted by atomic mass is 10.0. The van der Waals surface area contributed by atoms with Gasteiger partial charge in [0.25, 0.3) is 0 Å². The molecular formula is C11H16N2O2. The third-order valence-corrected chi connectivity index (χ3v) is 2.73. The van der Waals surface area contributed by atoms with Gasteiger partial charge in [-0.05, 0) is 6.07 Å². The topological polar surface area (TPSA) is 45.6 Å². The van der Waals surface area contributed by atoms with Crippen LogP contribution in [0.3, 0.4) is 0 Å². The van der Waals surface area contributed by atoms with Gasteiger partial charge in [0.05, 0.1) is 7.11 Å². The van der Waals surface area contributed by atoms with Gasteiger partial charge >= 0.3 is 0 Å². The highest BCUT2D eigenvalue weighted by molar-refractivity contribution is 5.25. The first-order valence-corrected chi connectivity index (χ1v) is 5.14. The van der Waals surface area contributed by atoms with E-state index in [4.69, 9.17) is 9.84 Å². The van der Waals surface area contributed by atoms with Crippen molar-refractivity contribution in [2.75, 3.05) is 26.8 Å². The Bertz CT molecular complexity index is 324. The van der Waals surface area contributed by atoms with E-state index in [2.05, 4.69) is 9.88 Å². The van der Waals surface area contributed by atoms with Crippen molar-refractivity contribution in [1.29, 1.82) is 0 Å². The summed E-state index contributed by atoms with van der Waals surface area (Å²) in [5.74, 6) is 1.15. The molecule has 2 rings (SSSR count). The highest BCUT2D eigenvalue weighted by Gasteiger charge is 2.26. The second kappa shape index (κ2) is 4.59. The summed E-state index contributed by atoms with van der Waals surface area (Å²) >= 11 is 0. The summed E-state index contributed by atoms with van der Waals surface area (Å²) in [6, 6.07) is 3.94. The summed E-state index contributed by atoms with van der Waals surface area (Å²) in [5, 5.41) is 8.91. The number of nitrogens with zero attached hydrogens (tertiary/aromatic N) is 2. The molecule has 1 fully saturated rings. The van der Waals surface area contributed by atoms with Gasteiger partial charge in [-0.2, -0.15) is 0 Å². The first kappa shape index (κ1) is 10.4. The molecule has 0 amide bonds. The van der Waals surface area contributed by atoms with Crippen LogP contribution in [-0.2, 0) is 6.54 Å². The fourth-order valence-corrected chi connectivity index (χ4v) is 1.89. The van der Waals surface area contributed by atoms with Crippen LogP contribution in [0.15, 0.2) is 18.3 Å². The number of aliphatic hydroxyl groups is 1. The second-order valence-corrected chi connectivity index (χ2v) is 3.91. The number of rotatable bonds is 4. The van der Waals surface area contributed by atoms with Crippen LogP contribution >= 0.6 is 0 Å². The molecule has 2 heterocycles. The molecule has 1 saturated heterocycles. The van der Waals surface area contributed by atoms with Gasteiger partial charge in [-0.3, -0.25) is 4.90 Å². The Kier molecular flexibility index (Phi) is 3.18. The number of aromatic nitrogens is 1. The van der Waals surface area contributed by atoms with E-state index in [0.29, 0.717) is 18.4 Å². The molecule has 0 bridgehead atoms. The van der Waals surface area contributed by atoms with Crippen molar-refractivity contribution in [2.24, 2.45) is 5.92 Å². The fourth-order valence-electron chi connectivity index (χ4n) is 1.89. The van der Waals surface area contributed by atoms with Crippen molar-refractivity contribution in [3.05, 3.63) is 23.9 Å². The van der Waals surface area contributed by atoms with Crippen LogP contribution in [0.5, 0.6) is 5.88 Å². The minimum atomic E-state index is 0.292. The Hall–Kier alpha value is -1.13. The van der Waals surface area contributed by atoms with Gasteiger partial charge in [0, 0.05) is 43.9 Å². The van der Waals surface area contributed by atoms with E-state index in [1.807, 2.05) is 12.1 Å². The zero-order valence-electron chi connectivity index (χ0n) is 8.89. The average molecular weight is 208 g/mol. The summed E-state index contributed by atoms with van der Waals surface area (Å²) in [6.45, 7) is 3.08. The number of aliphatic hydroxyl groups excluding tert-OH is 1. The van der Waals surface area contributed by atoms with Crippen LogP contribution < -0.4 is 4.74 Å². The van der Waals surface area contributed by atoms with Crippen molar-refractivity contribution in [1.82, 2.24) is 9.88 Å². The molecule has 1 aromatic heterocycles. The van der Waals surface area contributed by atoms with Gasteiger partial charge < -0.3 is 9.84 Å². The second-order valence-electron chi connectivity index (χ2n) is 3.91. The fraction of sp³-hybridized carbons (Fsp3) is 0.545. The molecule has 0 radical (unpaired) electrons. The Labute approximate surface area is 89.5 Å². The minimum absolute atomic E-state index is 0.292. The molecular weight excluding hydrogens is 192 g/mol. The lowest BCUT2D eigenvalue weighted by Crippen LogP contribution is -2.47. The molecule has 0 aromatic carbocycles. The molecule has 82 valence electrons. The first-order valence-electron chi connectivity index (χ1n) is 5.14. The van der Waals surface area contributed by atoms with Gasteiger partial charge in [-0.15, -0.1) is 0 Å². The lowest BCUT2D eigenvalue weighted by molar-refractivity contribution is 0.0472. The molecule has 0 unspecified atom stereocenters. The van der Waals surface area contributed by atoms with Crippen molar-refractivity contribution in [2.45, 2.75) is 6.54 Å². The maximum Gasteiger partial charge on any atom is 0.217 e. The smallest absolute Gasteiger partial charge is 0.217 e. The number of methoxy groups -OCH3 is 1. The van der Waals surface area contributed by atoms with E-state index >= 15 is 0 Å². The zero-order chi connectivity index (χ0) is 10.7. The summed E-state index contributed by atoms with van der Waals surface area (Å²) < 4.78 is 5.18. The van der Waals surface area contributed by atoms with E-state index in [9.17, 15) is 0 Å². The maximum absolute atomic E-state index is 8.91. The molecule has 0 saturated carbocycles. The highest BCUT2D eigenvalue weighted by Crippen LogP contribution is 2.21. The summed E-state index contributed by atoms with van der Waals surface area (Å²) in [5.41, 5.74) is 1.11. The number of hydrogen-bond donors (Lipinski definition) is 1. The number of likely N-dealkylation sites (tertiary alicyclic amines) is 1. The first-order chi connectivity index (χ1) is 7.33. The quantitative estimate of drug-likeness (QED) is 0.783. The van der Waals surface area contributed by atoms with Crippen LogP contribution in [0.25, 0.3) is 0 Å². The van der Waals surface area contributed by atoms with Gasteiger partial charge in [-0.25, -0.2) is 4.98 Å². The van der Waals surface area contributed by atoms with Crippen molar-refractivity contribution < 1.29 is 9.84 Å². The van der Waals surface area contributed by atoms with Crippen LogP contribution in [-0.4, -0.2) is 41.8 Å². The Morgan fingerprint density at radius 1 is 1.60 bits per heavy atom. The van der Waals surface area contributed by atoms with Crippen molar-refractivity contribution >= 4 is 0 Å². The number of ether oxygens (including phenoxy) is 1. The number of hydrogen-bond acceptors (Lipinski definition) is 4. The van der Waals surface area contributed by atoms with Gasteiger partial charge in [0.15, 0.2) is 0 Å². The lowest BCUT2D eigenvalue weighted by Gasteiger charge is -2.38. The monoisotopic (exact) mass is 208 g/mol. The average Bonchev–Trinajstić information content (AvgIpc) is 2.23. The summed E-state index contributed by atoms with van der Waals surface area (Å²) in [6.07, 6.45) is 1.73. The summed E-state index contributed by atoms with van der Waals surface area (Å²) in [4.78, 5) is 6.43. The Morgan fingerprint density at radius 3 is 3.07 bits per heavy atom. The van der Waals surface area contributed by atoms with Crippen LogP contribution in [0.1, 0.15) is 5.56 Å². The van der Waals surface area contributed by atoms with E-state index in [-0.39, 0.29) is 0 Å². The van der Waals surface area contributed by atoms with Gasteiger partial charge in [0.2, 0.25) is 5.88 Å². The van der Waals surface area contributed by atoms with Crippen LogP contribution in [0.4, 0.5) is 0 Å². The molecule has 0 aliphatic carbocycles. The Balaban J connectivity index is 1.94. The molecule has 1 aliphatic heterocycles. The highest BCUT2D eigenvalue weighted by atomic mass is 16.5. The minimum Gasteiger partial charge on any atom is -0.481 e. The molecule has 4 heteroatoms. The SMILES string of the molecule is COc1ncccc1CN1CC(CO)C1. The molecule has 0 spiro atoms. The van der Waals surface area contributed by atoms with Crippen LogP contribution in [0, 0.1) is 5.92 Å². The number of pyridine rings is 1. The molecule has 1 N–H and O–H groups in total. The third-order valence-electron chi connectivity index (χ3n) is 2.73. The van der Waals surface area contributed by atoms with Gasteiger partial charge in [-0.1, -0.05) is 6.07 Å². The van der Waals surface area contributed by atoms with E-state index in [0.717, 1.165) is 25.2 Å². The largest absolute Gasteiger partial charge is 0.481 e. The van der Waals surface area contributed by atoms with Crippen LogP contribution in [0.2, 0.25) is 0 Å². The Morgan fingerprint density at radius 2 is 2.40 bits per heavy atom. The standard InChI is InChI=1S/C11H16N2O2/c1-15-11-10(3-2-4-12-11)7-13-5-9(6-13)8-14/h2-4,9,14H,5-8H2,1H3. The van der Waals surface area contributed by atoms with Gasteiger partial charge in [0.1, 0.15) is 0 Å². The molecule has 1 aromatic rings. The normalized spacial score (nSPS) is 17.5. The van der Waals surface area contributed by atoms with E-state index in [1.54, 1.807) is 13.3 Å². The third kappa shape index (κ3) is 2.27. The molecule has 15 heavy (non-hydrogen) atoms. The zero-order valence-corrected chi connectivity index (χ0v) is 8.89.